The summed E-state index contributed by atoms with van der Waals surface area (Å²) in [7, 11) is 0. The zero-order valence-electron chi connectivity index (χ0n) is 5.79. The van der Waals surface area contributed by atoms with Gasteiger partial charge in [0.05, 0.1) is 0 Å². The Morgan fingerprint density at radius 2 is 1.91 bits per heavy atom. The van der Waals surface area contributed by atoms with Gasteiger partial charge in [0.2, 0.25) is 0 Å². The first-order valence-corrected chi connectivity index (χ1v) is 2.92. The number of aryl methyl sites for hydroxylation is 1. The highest BCUT2D eigenvalue weighted by atomic mass is 19.3. The van der Waals surface area contributed by atoms with Crippen LogP contribution in [0.2, 0.25) is 0 Å². The lowest BCUT2D eigenvalue weighted by atomic mass is 10.4. The number of aromatic nitrogens is 2. The van der Waals surface area contributed by atoms with Crippen molar-refractivity contribution in [2.45, 2.75) is 13.5 Å². The van der Waals surface area contributed by atoms with Crippen LogP contribution in [0.1, 0.15) is 5.56 Å². The number of halogens is 2. The zero-order valence-corrected chi connectivity index (χ0v) is 5.79. The van der Waals surface area contributed by atoms with Crippen LogP contribution in [0.15, 0.2) is 12.4 Å². The Hall–Kier alpha value is -1.26. The van der Waals surface area contributed by atoms with Crippen LogP contribution >= 0.6 is 0 Å². The third-order valence-electron chi connectivity index (χ3n) is 0.952. The molecule has 11 heavy (non-hydrogen) atoms. The average Bonchev–Trinajstić information content (AvgIpc) is 1.93. The highest BCUT2D eigenvalue weighted by molar-refractivity contribution is 5.04. The number of ether oxygens (including phenoxy) is 1. The number of nitrogens with zero attached hydrogens (tertiary/aromatic N) is 2. The maximum Gasteiger partial charge on any atom is 0.389 e. The molecule has 0 atom stereocenters. The molecule has 0 bridgehead atoms. The molecule has 0 aliphatic rings. The summed E-state index contributed by atoms with van der Waals surface area (Å²) in [6.45, 7) is -1.11. The van der Waals surface area contributed by atoms with Crippen molar-refractivity contribution in [3.05, 3.63) is 18.0 Å². The van der Waals surface area contributed by atoms with Crippen molar-refractivity contribution in [2.75, 3.05) is 0 Å². The first kappa shape index (κ1) is 7.84. The van der Waals surface area contributed by atoms with Crippen molar-refractivity contribution in [3.8, 4) is 6.01 Å². The maximum atomic E-state index is 11.5. The maximum absolute atomic E-state index is 11.5. The fraction of sp³-hybridized carbons (Fsp3) is 0.333. The van der Waals surface area contributed by atoms with Gasteiger partial charge in [-0.15, -0.1) is 0 Å². The van der Waals surface area contributed by atoms with E-state index < -0.39 is 6.61 Å². The van der Waals surface area contributed by atoms with Gasteiger partial charge in [-0.3, -0.25) is 0 Å². The monoisotopic (exact) mass is 160 g/mol. The lowest BCUT2D eigenvalue weighted by Crippen LogP contribution is -2.04. The Morgan fingerprint density at radius 3 is 2.36 bits per heavy atom. The lowest BCUT2D eigenvalue weighted by Gasteiger charge is -2.00. The van der Waals surface area contributed by atoms with E-state index in [9.17, 15) is 8.78 Å². The van der Waals surface area contributed by atoms with E-state index in [0.29, 0.717) is 0 Å². The highest BCUT2D eigenvalue weighted by Crippen LogP contribution is 2.05. The normalized spacial score (nSPS) is 10.2. The molecule has 0 N–H and O–H groups in total. The molecule has 0 aliphatic carbocycles. The predicted molar refractivity (Wildman–Crippen MR) is 33.4 cm³/mol. The van der Waals surface area contributed by atoms with E-state index in [2.05, 4.69) is 14.7 Å². The number of rotatable bonds is 2. The molecule has 0 fully saturated rings. The number of alkyl halides is 2. The van der Waals surface area contributed by atoms with Gasteiger partial charge in [-0.2, -0.15) is 8.78 Å². The van der Waals surface area contributed by atoms with Gasteiger partial charge in [0, 0.05) is 12.4 Å². The summed E-state index contributed by atoms with van der Waals surface area (Å²) in [5, 5.41) is 0. The second-order valence-corrected chi connectivity index (χ2v) is 1.92. The molecule has 1 aromatic heterocycles. The third kappa shape index (κ3) is 2.45. The van der Waals surface area contributed by atoms with Crippen molar-refractivity contribution in [3.63, 3.8) is 0 Å². The molecule has 1 rings (SSSR count). The minimum atomic E-state index is -2.86. The van der Waals surface area contributed by atoms with Crippen molar-refractivity contribution in [1.29, 1.82) is 0 Å². The molecule has 0 saturated carbocycles. The molecule has 5 heteroatoms. The summed E-state index contributed by atoms with van der Waals surface area (Å²) in [5.41, 5.74) is 0.798. The smallest absolute Gasteiger partial charge is 0.389 e. The molecule has 1 aromatic rings. The highest BCUT2D eigenvalue weighted by Gasteiger charge is 2.04. The van der Waals surface area contributed by atoms with Gasteiger partial charge in [-0.25, -0.2) is 9.97 Å². The van der Waals surface area contributed by atoms with Crippen LogP contribution in [-0.2, 0) is 0 Å². The summed E-state index contributed by atoms with van der Waals surface area (Å²) in [5.74, 6) is 0. The average molecular weight is 160 g/mol. The van der Waals surface area contributed by atoms with E-state index in [0.717, 1.165) is 5.56 Å². The fourth-order valence-electron chi connectivity index (χ4n) is 0.521. The van der Waals surface area contributed by atoms with Crippen molar-refractivity contribution < 1.29 is 13.5 Å². The van der Waals surface area contributed by atoms with Gasteiger partial charge >= 0.3 is 12.6 Å². The molecule has 0 saturated heterocycles. The second-order valence-electron chi connectivity index (χ2n) is 1.92. The quantitative estimate of drug-likeness (QED) is 0.655. The van der Waals surface area contributed by atoms with Crippen LogP contribution in [0, 0.1) is 6.92 Å². The summed E-state index contributed by atoms with van der Waals surface area (Å²) >= 11 is 0. The van der Waals surface area contributed by atoms with Crippen LogP contribution in [0.5, 0.6) is 6.01 Å². The first-order chi connectivity index (χ1) is 5.18. The van der Waals surface area contributed by atoms with Gasteiger partial charge in [-0.05, 0) is 12.5 Å². The second kappa shape index (κ2) is 3.23. The van der Waals surface area contributed by atoms with Gasteiger partial charge < -0.3 is 4.74 Å². The fourth-order valence-corrected chi connectivity index (χ4v) is 0.521. The minimum absolute atomic E-state index is 0.300. The summed E-state index contributed by atoms with van der Waals surface area (Å²) in [4.78, 5) is 7.01. The number of hydrogen-bond donors (Lipinski definition) is 0. The molecule has 1 heterocycles. The Labute approximate surface area is 62.0 Å². The van der Waals surface area contributed by atoms with Crippen molar-refractivity contribution in [2.24, 2.45) is 0 Å². The van der Waals surface area contributed by atoms with Crippen LogP contribution in [-0.4, -0.2) is 16.6 Å². The van der Waals surface area contributed by atoms with Crippen molar-refractivity contribution in [1.82, 2.24) is 9.97 Å². The van der Waals surface area contributed by atoms with Gasteiger partial charge in [0.1, 0.15) is 0 Å². The molecular weight excluding hydrogens is 154 g/mol. The van der Waals surface area contributed by atoms with E-state index in [4.69, 9.17) is 0 Å². The van der Waals surface area contributed by atoms with Crippen LogP contribution in [0.4, 0.5) is 8.78 Å². The predicted octanol–water partition coefficient (Wildman–Crippen LogP) is 1.39. The number of hydrogen-bond acceptors (Lipinski definition) is 3. The Balaban J connectivity index is 2.66. The van der Waals surface area contributed by atoms with Crippen LogP contribution in [0.3, 0.4) is 0 Å². The molecule has 0 spiro atoms. The largest absolute Gasteiger partial charge is 0.401 e. The molecule has 0 amide bonds. The van der Waals surface area contributed by atoms with Crippen molar-refractivity contribution >= 4 is 0 Å². The Kier molecular flexibility index (Phi) is 2.30. The van der Waals surface area contributed by atoms with E-state index in [1.165, 1.54) is 12.4 Å². The Morgan fingerprint density at radius 1 is 1.36 bits per heavy atom. The van der Waals surface area contributed by atoms with E-state index in [1.807, 2.05) is 0 Å². The molecule has 0 radical (unpaired) electrons. The van der Waals surface area contributed by atoms with Crippen LogP contribution in [0.25, 0.3) is 0 Å². The van der Waals surface area contributed by atoms with Gasteiger partial charge in [0.15, 0.2) is 0 Å². The lowest BCUT2D eigenvalue weighted by molar-refractivity contribution is -0.0561. The summed E-state index contributed by atoms with van der Waals surface area (Å²) < 4.78 is 27.0. The van der Waals surface area contributed by atoms with Gasteiger partial charge in [0.25, 0.3) is 0 Å². The van der Waals surface area contributed by atoms with E-state index in [-0.39, 0.29) is 6.01 Å². The molecular formula is C6H6F2N2O. The molecule has 60 valence electrons. The topological polar surface area (TPSA) is 35.0 Å². The van der Waals surface area contributed by atoms with E-state index >= 15 is 0 Å². The zero-order chi connectivity index (χ0) is 8.27. The molecule has 0 unspecified atom stereocenters. The standard InChI is InChI=1S/C6H6F2N2O/c1-4-2-9-6(10-3-4)11-5(7)8/h2-3,5H,1H3. The Bertz CT molecular complexity index is 225. The molecule has 0 aliphatic heterocycles. The SMILES string of the molecule is Cc1cnc(OC(F)F)nc1. The van der Waals surface area contributed by atoms with E-state index in [1.54, 1.807) is 6.92 Å². The first-order valence-electron chi connectivity index (χ1n) is 2.92. The summed E-state index contributed by atoms with van der Waals surface area (Å²) in [6.07, 6.45) is 2.81. The minimum Gasteiger partial charge on any atom is -0.401 e. The molecule has 3 nitrogen and oxygen atoms in total. The molecule has 0 aromatic carbocycles. The summed E-state index contributed by atoms with van der Waals surface area (Å²) in [6, 6.07) is -0.300. The third-order valence-corrected chi connectivity index (χ3v) is 0.952. The van der Waals surface area contributed by atoms with Crippen LogP contribution < -0.4 is 4.74 Å². The van der Waals surface area contributed by atoms with Gasteiger partial charge in [-0.1, -0.05) is 0 Å².